The molecule has 0 unspecified atom stereocenters. The smallest absolute Gasteiger partial charge is 0.165 e. The maximum Gasteiger partial charge on any atom is 0.165 e. The summed E-state index contributed by atoms with van der Waals surface area (Å²) < 4.78 is 14.9. The molecule has 2 aromatic carbocycles. The summed E-state index contributed by atoms with van der Waals surface area (Å²) in [5, 5.41) is 9.02. The SMILES string of the molecule is Cc1cc(NCc2ccc(F)cc2)n2nc(C)c(-c3ccc(Cl)c(Cl)c3)c2n1. The van der Waals surface area contributed by atoms with Crippen molar-refractivity contribution in [2.75, 3.05) is 5.32 Å². The molecule has 0 aliphatic heterocycles. The van der Waals surface area contributed by atoms with Crippen LogP contribution in [0.15, 0.2) is 48.5 Å². The van der Waals surface area contributed by atoms with Crippen molar-refractivity contribution in [1.29, 1.82) is 0 Å². The van der Waals surface area contributed by atoms with Crippen molar-refractivity contribution in [3.05, 3.63) is 81.3 Å². The van der Waals surface area contributed by atoms with E-state index in [4.69, 9.17) is 23.2 Å². The fraction of sp³-hybridized carbons (Fsp3) is 0.143. The molecule has 0 spiro atoms. The molecular weight excluding hydrogens is 398 g/mol. The van der Waals surface area contributed by atoms with Crippen LogP contribution < -0.4 is 5.32 Å². The van der Waals surface area contributed by atoms with Crippen LogP contribution in [0.4, 0.5) is 10.2 Å². The van der Waals surface area contributed by atoms with Gasteiger partial charge in [-0.05, 0) is 49.2 Å². The van der Waals surface area contributed by atoms with Crippen molar-refractivity contribution < 1.29 is 4.39 Å². The molecule has 0 saturated carbocycles. The Bertz CT molecular complexity index is 1170. The molecule has 4 nitrogen and oxygen atoms in total. The Morgan fingerprint density at radius 1 is 1.00 bits per heavy atom. The van der Waals surface area contributed by atoms with Gasteiger partial charge in [-0.2, -0.15) is 9.61 Å². The molecule has 142 valence electrons. The lowest BCUT2D eigenvalue weighted by molar-refractivity contribution is 0.627. The van der Waals surface area contributed by atoms with Gasteiger partial charge in [-0.3, -0.25) is 0 Å². The lowest BCUT2D eigenvalue weighted by Crippen LogP contribution is -2.07. The quantitative estimate of drug-likeness (QED) is 0.440. The molecular formula is C21H17Cl2FN4. The third-order valence-corrected chi connectivity index (χ3v) is 5.23. The molecule has 4 rings (SSSR count). The van der Waals surface area contributed by atoms with E-state index in [1.165, 1.54) is 12.1 Å². The molecule has 0 atom stereocenters. The summed E-state index contributed by atoms with van der Waals surface area (Å²) >= 11 is 12.3. The second-order valence-corrected chi connectivity index (χ2v) is 7.40. The highest BCUT2D eigenvalue weighted by Gasteiger charge is 2.17. The number of rotatable bonds is 4. The summed E-state index contributed by atoms with van der Waals surface area (Å²) in [4.78, 5) is 4.69. The van der Waals surface area contributed by atoms with Gasteiger partial charge >= 0.3 is 0 Å². The van der Waals surface area contributed by atoms with Gasteiger partial charge in [0.1, 0.15) is 11.6 Å². The highest BCUT2D eigenvalue weighted by Crippen LogP contribution is 2.33. The topological polar surface area (TPSA) is 42.2 Å². The lowest BCUT2D eigenvalue weighted by Gasteiger charge is -2.10. The molecule has 0 aliphatic carbocycles. The van der Waals surface area contributed by atoms with E-state index in [1.807, 2.05) is 32.0 Å². The standard InChI is InChI=1S/C21H17Cl2FN4/c1-12-9-19(25-11-14-3-6-16(24)7-4-14)28-21(26-12)20(13(2)27-28)15-5-8-17(22)18(23)10-15/h3-10,25H,11H2,1-2H3. The highest BCUT2D eigenvalue weighted by molar-refractivity contribution is 6.42. The number of fused-ring (bicyclic) bond motifs is 1. The van der Waals surface area contributed by atoms with Crippen molar-refractivity contribution in [2.45, 2.75) is 20.4 Å². The highest BCUT2D eigenvalue weighted by atomic mass is 35.5. The first-order valence-electron chi connectivity index (χ1n) is 8.73. The number of aryl methyl sites for hydroxylation is 2. The zero-order valence-corrected chi connectivity index (χ0v) is 16.8. The van der Waals surface area contributed by atoms with Crippen molar-refractivity contribution in [3.8, 4) is 11.1 Å². The lowest BCUT2D eigenvalue weighted by atomic mass is 10.1. The van der Waals surface area contributed by atoms with E-state index < -0.39 is 0 Å². The molecule has 0 saturated heterocycles. The number of hydrogen-bond acceptors (Lipinski definition) is 3. The van der Waals surface area contributed by atoms with Crippen LogP contribution in [0.3, 0.4) is 0 Å². The third-order valence-electron chi connectivity index (χ3n) is 4.49. The Labute approximate surface area is 171 Å². The zero-order valence-electron chi connectivity index (χ0n) is 15.3. The van der Waals surface area contributed by atoms with Crippen LogP contribution >= 0.6 is 23.2 Å². The first kappa shape index (κ1) is 18.7. The summed E-state index contributed by atoms with van der Waals surface area (Å²) in [6, 6.07) is 13.8. The number of anilines is 1. The van der Waals surface area contributed by atoms with Crippen molar-refractivity contribution in [3.63, 3.8) is 0 Å². The third kappa shape index (κ3) is 3.55. The van der Waals surface area contributed by atoms with Gasteiger partial charge in [0, 0.05) is 23.9 Å². The van der Waals surface area contributed by atoms with Gasteiger partial charge in [-0.1, -0.05) is 41.4 Å². The minimum atomic E-state index is -0.250. The first-order chi connectivity index (χ1) is 13.4. The minimum Gasteiger partial charge on any atom is -0.366 e. The summed E-state index contributed by atoms with van der Waals surface area (Å²) in [6.07, 6.45) is 0. The fourth-order valence-corrected chi connectivity index (χ4v) is 3.45. The number of benzene rings is 2. The van der Waals surface area contributed by atoms with Gasteiger partial charge in [0.05, 0.1) is 15.7 Å². The monoisotopic (exact) mass is 414 g/mol. The second kappa shape index (κ2) is 7.41. The summed E-state index contributed by atoms with van der Waals surface area (Å²) in [6.45, 7) is 4.41. The molecule has 1 N–H and O–H groups in total. The summed E-state index contributed by atoms with van der Waals surface area (Å²) in [5.41, 5.74) is 5.21. The number of nitrogens with one attached hydrogen (secondary N) is 1. The van der Waals surface area contributed by atoms with Gasteiger partial charge in [-0.15, -0.1) is 0 Å². The van der Waals surface area contributed by atoms with E-state index in [2.05, 4.69) is 15.4 Å². The molecule has 4 aromatic rings. The normalized spacial score (nSPS) is 11.2. The Balaban J connectivity index is 1.76. The molecule has 0 aliphatic rings. The van der Waals surface area contributed by atoms with E-state index in [1.54, 1.807) is 22.7 Å². The second-order valence-electron chi connectivity index (χ2n) is 6.59. The summed E-state index contributed by atoms with van der Waals surface area (Å²) in [5.74, 6) is 0.557. The molecule has 7 heteroatoms. The molecule has 0 radical (unpaired) electrons. The summed E-state index contributed by atoms with van der Waals surface area (Å²) in [7, 11) is 0. The maximum atomic E-state index is 13.1. The zero-order chi connectivity index (χ0) is 19.8. The van der Waals surface area contributed by atoms with E-state index in [-0.39, 0.29) is 5.82 Å². The Hall–Kier alpha value is -2.63. The number of aromatic nitrogens is 3. The van der Waals surface area contributed by atoms with Crippen molar-refractivity contribution in [1.82, 2.24) is 14.6 Å². The van der Waals surface area contributed by atoms with Gasteiger partial charge in [-0.25, -0.2) is 9.37 Å². The fourth-order valence-electron chi connectivity index (χ4n) is 3.16. The maximum absolute atomic E-state index is 13.1. The van der Waals surface area contributed by atoms with Crippen LogP contribution in [0.5, 0.6) is 0 Å². The largest absolute Gasteiger partial charge is 0.366 e. The molecule has 2 heterocycles. The Morgan fingerprint density at radius 2 is 1.75 bits per heavy atom. The molecule has 2 aromatic heterocycles. The predicted molar refractivity (Wildman–Crippen MR) is 112 cm³/mol. The van der Waals surface area contributed by atoms with E-state index in [0.717, 1.165) is 39.5 Å². The van der Waals surface area contributed by atoms with Gasteiger partial charge in [0.2, 0.25) is 0 Å². The van der Waals surface area contributed by atoms with Crippen LogP contribution in [-0.2, 0) is 6.54 Å². The van der Waals surface area contributed by atoms with E-state index >= 15 is 0 Å². The number of hydrogen-bond donors (Lipinski definition) is 1. The van der Waals surface area contributed by atoms with Crippen LogP contribution in [0.1, 0.15) is 17.0 Å². The van der Waals surface area contributed by atoms with Crippen LogP contribution in [0.25, 0.3) is 16.8 Å². The average Bonchev–Trinajstić information content (AvgIpc) is 2.99. The Morgan fingerprint density at radius 3 is 2.46 bits per heavy atom. The first-order valence-corrected chi connectivity index (χ1v) is 9.48. The van der Waals surface area contributed by atoms with Gasteiger partial charge < -0.3 is 5.32 Å². The van der Waals surface area contributed by atoms with Crippen LogP contribution in [-0.4, -0.2) is 14.6 Å². The van der Waals surface area contributed by atoms with Gasteiger partial charge in [0.15, 0.2) is 5.65 Å². The van der Waals surface area contributed by atoms with Gasteiger partial charge in [0.25, 0.3) is 0 Å². The van der Waals surface area contributed by atoms with E-state index in [9.17, 15) is 4.39 Å². The Kier molecular flexibility index (Phi) is 4.96. The average molecular weight is 415 g/mol. The number of nitrogens with zero attached hydrogens (tertiary/aromatic N) is 3. The van der Waals surface area contributed by atoms with Crippen LogP contribution in [0, 0.1) is 19.7 Å². The molecule has 0 bridgehead atoms. The molecule has 28 heavy (non-hydrogen) atoms. The van der Waals surface area contributed by atoms with Crippen molar-refractivity contribution >= 4 is 34.7 Å². The number of halogens is 3. The minimum absolute atomic E-state index is 0.250. The van der Waals surface area contributed by atoms with Crippen LogP contribution in [0.2, 0.25) is 10.0 Å². The van der Waals surface area contributed by atoms with E-state index in [0.29, 0.717) is 16.6 Å². The predicted octanol–water partition coefficient (Wildman–Crippen LogP) is 6.07. The molecule has 0 fully saturated rings. The van der Waals surface area contributed by atoms with Crippen molar-refractivity contribution in [2.24, 2.45) is 0 Å². The molecule has 0 amide bonds.